The molecule has 2 aliphatic heterocycles. The van der Waals surface area contributed by atoms with Crippen LogP contribution in [0.25, 0.3) is 0 Å². The van der Waals surface area contributed by atoms with Gasteiger partial charge in [0.2, 0.25) is 5.91 Å². The van der Waals surface area contributed by atoms with Gasteiger partial charge in [-0.05, 0) is 50.3 Å². The third-order valence-electron chi connectivity index (χ3n) is 5.07. The Balaban J connectivity index is 1.95. The van der Waals surface area contributed by atoms with Crippen LogP contribution in [0.4, 0.5) is 0 Å². The zero-order valence-electron chi connectivity index (χ0n) is 12.9. The van der Waals surface area contributed by atoms with Crippen molar-refractivity contribution in [3.63, 3.8) is 0 Å². The van der Waals surface area contributed by atoms with E-state index < -0.39 is 11.5 Å². The second-order valence-electron chi connectivity index (χ2n) is 6.42. The minimum atomic E-state index is -0.644. The highest BCUT2D eigenvalue weighted by atomic mass is 16.5. The minimum absolute atomic E-state index is 0.0155. The minimum Gasteiger partial charge on any atom is -0.508 e. The average molecular weight is 303 g/mol. The molecule has 1 aromatic rings. The summed E-state index contributed by atoms with van der Waals surface area (Å²) in [5.41, 5.74) is 0.239. The fourth-order valence-corrected chi connectivity index (χ4v) is 3.87. The van der Waals surface area contributed by atoms with Gasteiger partial charge in [-0.15, -0.1) is 0 Å². The van der Waals surface area contributed by atoms with Crippen molar-refractivity contribution in [1.82, 2.24) is 4.90 Å². The Morgan fingerprint density at radius 3 is 2.64 bits per heavy atom. The third-order valence-corrected chi connectivity index (χ3v) is 5.07. The van der Waals surface area contributed by atoms with Crippen molar-refractivity contribution in [3.05, 3.63) is 29.8 Å². The predicted molar refractivity (Wildman–Crippen MR) is 80.4 cm³/mol. The van der Waals surface area contributed by atoms with Gasteiger partial charge >= 0.3 is 5.97 Å². The van der Waals surface area contributed by atoms with E-state index in [0.717, 1.165) is 18.4 Å². The molecule has 3 atom stereocenters. The van der Waals surface area contributed by atoms with Gasteiger partial charge in [-0.2, -0.15) is 0 Å². The van der Waals surface area contributed by atoms with Crippen LogP contribution < -0.4 is 0 Å². The van der Waals surface area contributed by atoms with Crippen molar-refractivity contribution >= 4 is 11.9 Å². The van der Waals surface area contributed by atoms with E-state index in [2.05, 4.69) is 0 Å². The van der Waals surface area contributed by atoms with E-state index in [1.807, 2.05) is 6.92 Å². The number of phenols is 1. The lowest BCUT2D eigenvalue weighted by Crippen LogP contribution is -2.51. The van der Waals surface area contributed by atoms with Gasteiger partial charge in [-0.3, -0.25) is 4.79 Å². The molecule has 1 amide bonds. The Morgan fingerprint density at radius 2 is 2.00 bits per heavy atom. The normalized spacial score (nSPS) is 31.0. The molecule has 22 heavy (non-hydrogen) atoms. The maximum Gasteiger partial charge on any atom is 0.328 e. The Labute approximate surface area is 129 Å². The Bertz CT molecular complexity index is 597. The highest BCUT2D eigenvalue weighted by Crippen LogP contribution is 2.44. The van der Waals surface area contributed by atoms with Gasteiger partial charge < -0.3 is 14.7 Å². The number of phenolic OH excluding ortho intramolecular Hbond substituents is 1. The standard InChI is InChI=1S/C17H21NO4/c1-17(11-6-8-13(19)9-7-11)10-12-4-3-5-14(15(20)22-2)18(12)16(17)21/h6-9,12,14,19H,3-5,10H2,1-2H3. The zero-order chi connectivity index (χ0) is 15.9. The molecule has 0 spiro atoms. The van der Waals surface area contributed by atoms with Crippen LogP contribution in [0.3, 0.4) is 0 Å². The van der Waals surface area contributed by atoms with E-state index in [-0.39, 0.29) is 23.7 Å². The number of carbonyl (C=O) groups excluding carboxylic acids is 2. The SMILES string of the molecule is COC(=O)C1CCCC2CC(C)(c3ccc(O)cc3)C(=O)N21. The molecule has 0 radical (unpaired) electrons. The molecule has 118 valence electrons. The summed E-state index contributed by atoms with van der Waals surface area (Å²) in [4.78, 5) is 26.8. The summed E-state index contributed by atoms with van der Waals surface area (Å²) in [7, 11) is 1.37. The van der Waals surface area contributed by atoms with Crippen molar-refractivity contribution in [2.75, 3.05) is 7.11 Å². The van der Waals surface area contributed by atoms with Crippen molar-refractivity contribution in [2.24, 2.45) is 0 Å². The summed E-state index contributed by atoms with van der Waals surface area (Å²) in [5, 5.41) is 9.45. The number of rotatable bonds is 2. The number of benzene rings is 1. The maximum atomic E-state index is 13.0. The van der Waals surface area contributed by atoms with E-state index in [1.54, 1.807) is 29.2 Å². The molecule has 1 aromatic carbocycles. The second-order valence-corrected chi connectivity index (χ2v) is 6.42. The zero-order valence-corrected chi connectivity index (χ0v) is 12.9. The summed E-state index contributed by atoms with van der Waals surface area (Å²) in [5.74, 6) is -0.158. The summed E-state index contributed by atoms with van der Waals surface area (Å²) < 4.78 is 4.87. The molecule has 2 fully saturated rings. The van der Waals surface area contributed by atoms with Crippen molar-refractivity contribution in [2.45, 2.75) is 50.1 Å². The first kappa shape index (κ1) is 14.9. The summed E-state index contributed by atoms with van der Waals surface area (Å²) in [6.07, 6.45) is 3.22. The molecule has 5 nitrogen and oxygen atoms in total. The van der Waals surface area contributed by atoms with Crippen molar-refractivity contribution < 1.29 is 19.4 Å². The van der Waals surface area contributed by atoms with Gasteiger partial charge in [0.1, 0.15) is 11.8 Å². The number of carbonyl (C=O) groups is 2. The highest BCUT2D eigenvalue weighted by molar-refractivity contribution is 5.94. The first-order chi connectivity index (χ1) is 10.5. The van der Waals surface area contributed by atoms with Gasteiger partial charge in [0.05, 0.1) is 12.5 Å². The van der Waals surface area contributed by atoms with Crippen LogP contribution in [0, 0.1) is 0 Å². The average Bonchev–Trinajstić information content (AvgIpc) is 2.79. The van der Waals surface area contributed by atoms with Crippen LogP contribution in [0.1, 0.15) is 38.2 Å². The summed E-state index contributed by atoms with van der Waals surface area (Å²) in [6.45, 7) is 1.92. The molecule has 2 heterocycles. The Morgan fingerprint density at radius 1 is 1.32 bits per heavy atom. The quantitative estimate of drug-likeness (QED) is 0.848. The molecule has 3 unspecified atom stereocenters. The Hall–Kier alpha value is -2.04. The van der Waals surface area contributed by atoms with Crippen LogP contribution in [-0.4, -0.2) is 41.1 Å². The number of fused-ring (bicyclic) bond motifs is 1. The predicted octanol–water partition coefficient (Wildman–Crippen LogP) is 1.98. The molecule has 5 heteroatoms. The van der Waals surface area contributed by atoms with E-state index in [0.29, 0.717) is 12.8 Å². The van der Waals surface area contributed by atoms with E-state index in [9.17, 15) is 14.7 Å². The summed E-state index contributed by atoms with van der Waals surface area (Å²) in [6, 6.07) is 6.41. The van der Waals surface area contributed by atoms with Crippen LogP contribution in [0.5, 0.6) is 5.75 Å². The molecule has 0 bridgehead atoms. The number of esters is 1. The lowest BCUT2D eigenvalue weighted by atomic mass is 9.79. The van der Waals surface area contributed by atoms with Gasteiger partial charge in [-0.25, -0.2) is 4.79 Å². The fraction of sp³-hybridized carbons (Fsp3) is 0.529. The van der Waals surface area contributed by atoms with Gasteiger partial charge in [-0.1, -0.05) is 12.1 Å². The van der Waals surface area contributed by atoms with Gasteiger partial charge in [0, 0.05) is 6.04 Å². The molecule has 0 saturated carbocycles. The lowest BCUT2D eigenvalue weighted by Gasteiger charge is -2.36. The molecule has 0 aliphatic carbocycles. The number of nitrogens with zero attached hydrogens (tertiary/aromatic N) is 1. The van der Waals surface area contributed by atoms with Crippen molar-refractivity contribution in [1.29, 1.82) is 0 Å². The van der Waals surface area contributed by atoms with Crippen LogP contribution in [0.15, 0.2) is 24.3 Å². The fourth-order valence-electron chi connectivity index (χ4n) is 3.87. The van der Waals surface area contributed by atoms with E-state index >= 15 is 0 Å². The number of hydrogen-bond acceptors (Lipinski definition) is 4. The molecule has 0 aromatic heterocycles. The van der Waals surface area contributed by atoms with Crippen LogP contribution in [-0.2, 0) is 19.7 Å². The van der Waals surface area contributed by atoms with Gasteiger partial charge in [0.15, 0.2) is 0 Å². The first-order valence-electron chi connectivity index (χ1n) is 7.67. The number of methoxy groups -OCH3 is 1. The van der Waals surface area contributed by atoms with Crippen molar-refractivity contribution in [3.8, 4) is 5.75 Å². The van der Waals surface area contributed by atoms with Gasteiger partial charge in [0.25, 0.3) is 0 Å². The van der Waals surface area contributed by atoms with Crippen LogP contribution in [0.2, 0.25) is 0 Å². The second kappa shape index (κ2) is 5.30. The number of aromatic hydroxyl groups is 1. The molecule has 1 N–H and O–H groups in total. The maximum absolute atomic E-state index is 13.0. The molecular weight excluding hydrogens is 282 g/mol. The monoisotopic (exact) mass is 303 g/mol. The third kappa shape index (κ3) is 2.16. The molecule has 2 aliphatic rings. The molecule has 3 rings (SSSR count). The smallest absolute Gasteiger partial charge is 0.328 e. The number of amides is 1. The molecule has 2 saturated heterocycles. The number of ether oxygens (including phenoxy) is 1. The highest BCUT2D eigenvalue weighted by Gasteiger charge is 2.54. The number of piperidine rings is 1. The first-order valence-corrected chi connectivity index (χ1v) is 7.67. The number of hydrogen-bond donors (Lipinski definition) is 1. The lowest BCUT2D eigenvalue weighted by molar-refractivity contribution is -0.155. The largest absolute Gasteiger partial charge is 0.508 e. The topological polar surface area (TPSA) is 66.8 Å². The Kier molecular flexibility index (Phi) is 3.59. The van der Waals surface area contributed by atoms with E-state index in [4.69, 9.17) is 4.74 Å². The molecular formula is C17H21NO4. The summed E-state index contributed by atoms with van der Waals surface area (Å²) >= 11 is 0. The van der Waals surface area contributed by atoms with Crippen LogP contribution >= 0.6 is 0 Å². The van der Waals surface area contributed by atoms with E-state index in [1.165, 1.54) is 7.11 Å².